The summed E-state index contributed by atoms with van der Waals surface area (Å²) in [6.07, 6.45) is 0. The third-order valence-electron chi connectivity index (χ3n) is 4.05. The molecule has 0 unspecified atom stereocenters. The first kappa shape index (κ1) is 18.8. The second kappa shape index (κ2) is 8.02. The Labute approximate surface area is 153 Å². The summed E-state index contributed by atoms with van der Waals surface area (Å²) in [6, 6.07) is 9.65. The number of hydrogen-bond donors (Lipinski definition) is 2. The van der Waals surface area contributed by atoms with Gasteiger partial charge in [-0.2, -0.15) is 0 Å². The number of carbonyl (C=O) groups is 1. The van der Waals surface area contributed by atoms with Crippen LogP contribution in [0.3, 0.4) is 0 Å². The Morgan fingerprint density at radius 2 is 1.75 bits per heavy atom. The van der Waals surface area contributed by atoms with Crippen molar-refractivity contribution in [2.45, 2.75) is 33.7 Å². The fourth-order valence-electron chi connectivity index (χ4n) is 2.85. The summed E-state index contributed by atoms with van der Waals surface area (Å²) in [5, 5.41) is 6.21. The van der Waals surface area contributed by atoms with Crippen LogP contribution in [-0.2, 0) is 4.79 Å². The monoisotopic (exact) mass is 365 g/mol. The quantitative estimate of drug-likeness (QED) is 0.819. The SMILES string of the molecule is Cc1cc(C)c(NC(=O)C[NH2+][C@H](C)c2ccc(Cl)cc2Cl)c(C)c1. The van der Waals surface area contributed by atoms with Crippen molar-refractivity contribution in [1.29, 1.82) is 0 Å². The van der Waals surface area contributed by atoms with Crippen LogP contribution in [0.25, 0.3) is 0 Å². The maximum Gasteiger partial charge on any atom is 0.279 e. The zero-order chi connectivity index (χ0) is 17.9. The van der Waals surface area contributed by atoms with Crippen molar-refractivity contribution in [2.75, 3.05) is 11.9 Å². The molecule has 128 valence electrons. The van der Waals surface area contributed by atoms with E-state index in [0.717, 1.165) is 22.4 Å². The Balaban J connectivity index is 1.98. The van der Waals surface area contributed by atoms with Gasteiger partial charge < -0.3 is 10.6 Å². The Morgan fingerprint density at radius 3 is 2.33 bits per heavy atom. The summed E-state index contributed by atoms with van der Waals surface area (Å²) in [7, 11) is 0. The number of amides is 1. The van der Waals surface area contributed by atoms with Gasteiger partial charge in [-0.05, 0) is 51.0 Å². The molecule has 3 nitrogen and oxygen atoms in total. The van der Waals surface area contributed by atoms with E-state index in [0.29, 0.717) is 16.6 Å². The molecule has 0 aromatic heterocycles. The molecule has 0 fully saturated rings. The molecule has 1 amide bonds. The smallest absolute Gasteiger partial charge is 0.279 e. The number of rotatable bonds is 5. The highest BCUT2D eigenvalue weighted by molar-refractivity contribution is 6.35. The minimum Gasteiger partial charge on any atom is -0.332 e. The Bertz CT molecular complexity index is 736. The van der Waals surface area contributed by atoms with Crippen molar-refractivity contribution < 1.29 is 10.1 Å². The van der Waals surface area contributed by atoms with Crippen LogP contribution in [0.2, 0.25) is 10.0 Å². The highest BCUT2D eigenvalue weighted by Crippen LogP contribution is 2.24. The summed E-state index contributed by atoms with van der Waals surface area (Å²) in [5.41, 5.74) is 5.22. The van der Waals surface area contributed by atoms with Gasteiger partial charge in [-0.3, -0.25) is 4.79 Å². The van der Waals surface area contributed by atoms with E-state index >= 15 is 0 Å². The molecule has 0 aliphatic heterocycles. The average Bonchev–Trinajstić information content (AvgIpc) is 2.48. The maximum atomic E-state index is 12.3. The van der Waals surface area contributed by atoms with Crippen LogP contribution in [0, 0.1) is 20.8 Å². The summed E-state index contributed by atoms with van der Waals surface area (Å²) in [6.45, 7) is 8.42. The van der Waals surface area contributed by atoms with Crippen molar-refractivity contribution in [3.8, 4) is 0 Å². The number of aryl methyl sites for hydroxylation is 3. The third kappa shape index (κ3) is 4.73. The summed E-state index contributed by atoms with van der Waals surface area (Å²) in [4.78, 5) is 12.3. The maximum absolute atomic E-state index is 12.3. The molecule has 24 heavy (non-hydrogen) atoms. The molecule has 0 aliphatic carbocycles. The molecular weight excluding hydrogens is 343 g/mol. The third-order valence-corrected chi connectivity index (χ3v) is 4.61. The first-order chi connectivity index (χ1) is 11.3. The molecule has 0 saturated carbocycles. The molecule has 1 atom stereocenters. The Morgan fingerprint density at radius 1 is 1.12 bits per heavy atom. The van der Waals surface area contributed by atoms with E-state index in [2.05, 4.69) is 24.4 Å². The van der Waals surface area contributed by atoms with E-state index in [-0.39, 0.29) is 11.9 Å². The summed E-state index contributed by atoms with van der Waals surface area (Å²) >= 11 is 12.1. The van der Waals surface area contributed by atoms with E-state index in [9.17, 15) is 4.79 Å². The van der Waals surface area contributed by atoms with Gasteiger partial charge in [0.15, 0.2) is 6.54 Å². The summed E-state index contributed by atoms with van der Waals surface area (Å²) in [5.74, 6) is -0.0259. The summed E-state index contributed by atoms with van der Waals surface area (Å²) < 4.78 is 0. The van der Waals surface area contributed by atoms with Gasteiger partial charge in [0.05, 0.1) is 5.02 Å². The Hall–Kier alpha value is -1.55. The van der Waals surface area contributed by atoms with Gasteiger partial charge in [0.2, 0.25) is 0 Å². The zero-order valence-corrected chi connectivity index (χ0v) is 15.9. The van der Waals surface area contributed by atoms with Gasteiger partial charge in [-0.25, -0.2) is 0 Å². The van der Waals surface area contributed by atoms with Gasteiger partial charge in [0, 0.05) is 16.3 Å². The van der Waals surface area contributed by atoms with E-state index in [1.165, 1.54) is 5.56 Å². The zero-order valence-electron chi connectivity index (χ0n) is 14.4. The van der Waals surface area contributed by atoms with Gasteiger partial charge in [-0.15, -0.1) is 0 Å². The van der Waals surface area contributed by atoms with Crippen LogP contribution >= 0.6 is 23.2 Å². The molecule has 0 aliphatic rings. The van der Waals surface area contributed by atoms with Gasteiger partial charge >= 0.3 is 0 Å². The second-order valence-electron chi connectivity index (χ2n) is 6.22. The molecule has 0 radical (unpaired) electrons. The fraction of sp³-hybridized carbons (Fsp3) is 0.316. The standard InChI is InChI=1S/C19H22Cl2N2O/c1-11-7-12(2)19(13(3)8-11)23-18(24)10-22-14(4)16-6-5-15(20)9-17(16)21/h5-9,14,22H,10H2,1-4H3,(H,23,24)/p+1/t14-/m1/s1. The van der Waals surface area contributed by atoms with Crippen molar-refractivity contribution in [3.05, 3.63) is 62.6 Å². The second-order valence-corrected chi connectivity index (χ2v) is 7.06. The molecule has 0 saturated heterocycles. The largest absolute Gasteiger partial charge is 0.332 e. The van der Waals surface area contributed by atoms with E-state index in [1.54, 1.807) is 6.07 Å². The van der Waals surface area contributed by atoms with Crippen LogP contribution in [-0.4, -0.2) is 12.5 Å². The van der Waals surface area contributed by atoms with E-state index < -0.39 is 0 Å². The molecule has 0 heterocycles. The lowest BCUT2D eigenvalue weighted by atomic mass is 10.1. The lowest BCUT2D eigenvalue weighted by molar-refractivity contribution is -0.682. The van der Waals surface area contributed by atoms with E-state index in [1.807, 2.05) is 38.2 Å². The lowest BCUT2D eigenvalue weighted by Crippen LogP contribution is -2.86. The van der Waals surface area contributed by atoms with Crippen LogP contribution in [0.1, 0.15) is 35.2 Å². The number of nitrogens with one attached hydrogen (secondary N) is 1. The Kier molecular flexibility index (Phi) is 6.27. The first-order valence-electron chi connectivity index (χ1n) is 7.94. The molecule has 0 spiro atoms. The predicted molar refractivity (Wildman–Crippen MR) is 101 cm³/mol. The van der Waals surface area contributed by atoms with Crippen LogP contribution in [0.15, 0.2) is 30.3 Å². The number of halogens is 2. The van der Waals surface area contributed by atoms with Crippen LogP contribution in [0.4, 0.5) is 5.69 Å². The molecule has 2 aromatic rings. The number of quaternary nitrogens is 1. The number of anilines is 1. The van der Waals surface area contributed by atoms with Gasteiger partial charge in [0.1, 0.15) is 6.04 Å². The number of hydrogen-bond acceptors (Lipinski definition) is 1. The van der Waals surface area contributed by atoms with Gasteiger partial charge in [0.25, 0.3) is 5.91 Å². The first-order valence-corrected chi connectivity index (χ1v) is 8.69. The number of nitrogens with two attached hydrogens (primary N) is 1. The number of benzene rings is 2. The lowest BCUT2D eigenvalue weighted by Gasteiger charge is -2.15. The molecule has 2 aromatic carbocycles. The minimum absolute atomic E-state index is 0.0259. The molecular formula is C19H23Cl2N2O+. The molecule has 5 heteroatoms. The molecule has 3 N–H and O–H groups in total. The van der Waals surface area contributed by atoms with Crippen molar-refractivity contribution in [2.24, 2.45) is 0 Å². The fourth-order valence-corrected chi connectivity index (χ4v) is 3.43. The van der Waals surface area contributed by atoms with Crippen LogP contribution in [0.5, 0.6) is 0 Å². The van der Waals surface area contributed by atoms with Crippen molar-refractivity contribution in [1.82, 2.24) is 0 Å². The van der Waals surface area contributed by atoms with Crippen LogP contribution < -0.4 is 10.6 Å². The van der Waals surface area contributed by atoms with E-state index in [4.69, 9.17) is 23.2 Å². The minimum atomic E-state index is -0.0259. The average molecular weight is 366 g/mol. The van der Waals surface area contributed by atoms with Crippen molar-refractivity contribution in [3.63, 3.8) is 0 Å². The molecule has 2 rings (SSSR count). The predicted octanol–water partition coefficient (Wildman–Crippen LogP) is 4.18. The number of carbonyl (C=O) groups excluding carboxylic acids is 1. The molecule has 0 bridgehead atoms. The highest BCUT2D eigenvalue weighted by Gasteiger charge is 2.16. The topological polar surface area (TPSA) is 45.7 Å². The highest BCUT2D eigenvalue weighted by atomic mass is 35.5. The van der Waals surface area contributed by atoms with Crippen molar-refractivity contribution >= 4 is 34.8 Å². The van der Waals surface area contributed by atoms with Gasteiger partial charge in [-0.1, -0.05) is 47.0 Å². The normalized spacial score (nSPS) is 12.1.